The Morgan fingerprint density at radius 1 is 0.793 bits per heavy atom. The van der Waals surface area contributed by atoms with E-state index >= 15 is 0 Å². The minimum atomic E-state index is -0.0989. The van der Waals surface area contributed by atoms with E-state index in [1.807, 2.05) is 30.4 Å². The molecule has 142 valence electrons. The summed E-state index contributed by atoms with van der Waals surface area (Å²) in [6.45, 7) is 0. The number of hydrogen-bond acceptors (Lipinski definition) is 3. The van der Waals surface area contributed by atoms with Gasteiger partial charge in [-0.15, -0.1) is 0 Å². The maximum Gasteiger partial charge on any atom is 0.202 e. The number of carbonyl (C=O) groups is 2. The van der Waals surface area contributed by atoms with Crippen LogP contribution in [-0.4, -0.2) is 32.2 Å². The number of carbonyl (C=O) groups excluding carboxylic acids is 2. The standard InChI is InChI=1S/C23H18N4O2/c28-22(20-3-1-13-24-20)11-9-16-5-7-18(26-16)15-19-8-6-17(27-19)10-12-23(29)21-4-2-14-25-21/h1-15,24-26H. The first kappa shape index (κ1) is 18.2. The smallest absolute Gasteiger partial charge is 0.202 e. The average molecular weight is 382 g/mol. The molecule has 0 aromatic carbocycles. The Kier molecular flexibility index (Phi) is 5.16. The molecule has 0 unspecified atom stereocenters. The summed E-state index contributed by atoms with van der Waals surface area (Å²) in [6, 6.07) is 10.8. The maximum atomic E-state index is 12.0. The van der Waals surface area contributed by atoms with Crippen molar-refractivity contribution in [3.05, 3.63) is 108 Å². The van der Waals surface area contributed by atoms with Crippen LogP contribution in [0, 0.1) is 0 Å². The van der Waals surface area contributed by atoms with Crippen LogP contribution < -0.4 is 0 Å². The largest absolute Gasteiger partial charge is 0.359 e. The van der Waals surface area contributed by atoms with Crippen LogP contribution in [0.2, 0.25) is 0 Å². The summed E-state index contributed by atoms with van der Waals surface area (Å²) in [6.07, 6.45) is 15.5. The predicted octanol–water partition coefficient (Wildman–Crippen LogP) is 4.36. The SMILES string of the molecule is O=C(C=CC1=NC(=Cc2ccc(C=CC(=O)c3ccc[nH]3)[nH]2)C=C1)c1ccc[nH]1. The monoisotopic (exact) mass is 382 g/mol. The zero-order valence-corrected chi connectivity index (χ0v) is 15.4. The van der Waals surface area contributed by atoms with Crippen molar-refractivity contribution >= 4 is 29.4 Å². The highest BCUT2D eigenvalue weighted by atomic mass is 16.1. The van der Waals surface area contributed by atoms with Gasteiger partial charge in [-0.1, -0.05) is 0 Å². The van der Waals surface area contributed by atoms with Crippen LogP contribution >= 0.6 is 0 Å². The van der Waals surface area contributed by atoms with Gasteiger partial charge < -0.3 is 15.0 Å². The van der Waals surface area contributed by atoms with Gasteiger partial charge in [0.05, 0.1) is 22.8 Å². The Hall–Kier alpha value is -4.19. The van der Waals surface area contributed by atoms with E-state index in [2.05, 4.69) is 19.9 Å². The van der Waals surface area contributed by atoms with Crippen molar-refractivity contribution in [1.29, 1.82) is 0 Å². The molecule has 29 heavy (non-hydrogen) atoms. The Morgan fingerprint density at radius 2 is 1.45 bits per heavy atom. The lowest BCUT2D eigenvalue weighted by Gasteiger charge is -1.92. The molecule has 4 heterocycles. The Bertz CT molecular complexity index is 1170. The summed E-state index contributed by atoms with van der Waals surface area (Å²) in [5.41, 5.74) is 4.26. The number of nitrogens with one attached hydrogen (secondary N) is 3. The van der Waals surface area contributed by atoms with Gasteiger partial charge in [-0.3, -0.25) is 9.59 Å². The van der Waals surface area contributed by atoms with E-state index in [9.17, 15) is 9.59 Å². The van der Waals surface area contributed by atoms with Crippen molar-refractivity contribution in [2.75, 3.05) is 0 Å². The van der Waals surface area contributed by atoms with Gasteiger partial charge in [0.25, 0.3) is 0 Å². The molecule has 3 N–H and O–H groups in total. The lowest BCUT2D eigenvalue weighted by Crippen LogP contribution is -1.95. The van der Waals surface area contributed by atoms with Crippen molar-refractivity contribution in [3.8, 4) is 0 Å². The second kappa shape index (κ2) is 8.22. The highest BCUT2D eigenvalue weighted by Gasteiger charge is 2.05. The third-order valence-electron chi connectivity index (χ3n) is 4.26. The van der Waals surface area contributed by atoms with Gasteiger partial charge in [-0.05, 0) is 78.9 Å². The van der Waals surface area contributed by atoms with Gasteiger partial charge in [0.2, 0.25) is 11.6 Å². The van der Waals surface area contributed by atoms with Crippen molar-refractivity contribution in [1.82, 2.24) is 15.0 Å². The molecule has 0 bridgehead atoms. The molecule has 6 nitrogen and oxygen atoms in total. The van der Waals surface area contributed by atoms with Crippen LogP contribution in [0.25, 0.3) is 12.2 Å². The topological polar surface area (TPSA) is 93.9 Å². The minimum absolute atomic E-state index is 0.0850. The fourth-order valence-corrected chi connectivity index (χ4v) is 2.81. The van der Waals surface area contributed by atoms with Gasteiger partial charge in [0, 0.05) is 23.8 Å². The fourth-order valence-electron chi connectivity index (χ4n) is 2.81. The molecule has 0 atom stereocenters. The van der Waals surface area contributed by atoms with E-state index in [1.54, 1.807) is 48.8 Å². The molecular formula is C23H18N4O2. The predicted molar refractivity (Wildman–Crippen MR) is 114 cm³/mol. The number of aliphatic imine (C=N–C) groups is 1. The van der Waals surface area contributed by atoms with Crippen LogP contribution in [0.1, 0.15) is 32.4 Å². The lowest BCUT2D eigenvalue weighted by atomic mass is 10.2. The minimum Gasteiger partial charge on any atom is -0.359 e. The summed E-state index contributed by atoms with van der Waals surface area (Å²) in [5.74, 6) is -0.184. The zero-order valence-electron chi connectivity index (χ0n) is 15.4. The highest BCUT2D eigenvalue weighted by Crippen LogP contribution is 2.15. The normalized spacial score (nSPS) is 15.0. The molecule has 1 aliphatic heterocycles. The van der Waals surface area contributed by atoms with Crippen molar-refractivity contribution in [3.63, 3.8) is 0 Å². The summed E-state index contributed by atoms with van der Waals surface area (Å²) in [5, 5.41) is 0. The molecule has 0 saturated carbocycles. The summed E-state index contributed by atoms with van der Waals surface area (Å²) >= 11 is 0. The number of hydrogen-bond donors (Lipinski definition) is 3. The van der Waals surface area contributed by atoms with Crippen LogP contribution in [-0.2, 0) is 0 Å². The molecule has 4 rings (SSSR count). The number of aromatic amines is 3. The first-order valence-corrected chi connectivity index (χ1v) is 9.06. The second-order valence-electron chi connectivity index (χ2n) is 6.37. The summed E-state index contributed by atoms with van der Waals surface area (Å²) in [7, 11) is 0. The van der Waals surface area contributed by atoms with Crippen molar-refractivity contribution in [2.24, 2.45) is 4.99 Å². The number of aromatic nitrogens is 3. The third-order valence-corrected chi connectivity index (χ3v) is 4.26. The average Bonchev–Trinajstić information content (AvgIpc) is 3.53. The number of H-pyrrole nitrogens is 3. The molecule has 6 heteroatoms. The molecule has 1 aliphatic rings. The van der Waals surface area contributed by atoms with E-state index in [0.717, 1.165) is 17.1 Å². The van der Waals surface area contributed by atoms with E-state index in [1.165, 1.54) is 12.2 Å². The Morgan fingerprint density at radius 3 is 2.10 bits per heavy atom. The molecular weight excluding hydrogens is 364 g/mol. The summed E-state index contributed by atoms with van der Waals surface area (Å²) in [4.78, 5) is 37.4. The number of nitrogens with zero attached hydrogens (tertiary/aromatic N) is 1. The Labute approximate surface area is 167 Å². The third kappa shape index (κ3) is 4.56. The number of allylic oxidation sites excluding steroid dienone is 5. The molecule has 3 aromatic rings. The van der Waals surface area contributed by atoms with Crippen molar-refractivity contribution < 1.29 is 9.59 Å². The fraction of sp³-hybridized carbons (Fsp3) is 0. The quantitative estimate of drug-likeness (QED) is 0.418. The number of rotatable bonds is 7. The van der Waals surface area contributed by atoms with Gasteiger partial charge in [-0.25, -0.2) is 4.99 Å². The molecule has 0 amide bonds. The maximum absolute atomic E-state index is 12.0. The molecule has 0 saturated heterocycles. The van der Waals surface area contributed by atoms with E-state index in [0.29, 0.717) is 17.1 Å². The first-order chi connectivity index (χ1) is 14.2. The molecule has 0 aliphatic carbocycles. The van der Waals surface area contributed by atoms with Crippen LogP contribution in [0.3, 0.4) is 0 Å². The van der Waals surface area contributed by atoms with E-state index in [4.69, 9.17) is 0 Å². The second-order valence-corrected chi connectivity index (χ2v) is 6.37. The van der Waals surface area contributed by atoms with Crippen molar-refractivity contribution in [2.45, 2.75) is 0 Å². The Balaban J connectivity index is 1.40. The van der Waals surface area contributed by atoms with Gasteiger partial charge in [-0.2, -0.15) is 0 Å². The van der Waals surface area contributed by atoms with Crippen LogP contribution in [0.15, 0.2) is 89.9 Å². The number of ketones is 2. The molecule has 0 fully saturated rings. The molecule has 3 aromatic heterocycles. The van der Waals surface area contributed by atoms with E-state index in [-0.39, 0.29) is 11.6 Å². The van der Waals surface area contributed by atoms with Gasteiger partial charge >= 0.3 is 0 Å². The highest BCUT2D eigenvalue weighted by molar-refractivity contribution is 6.12. The van der Waals surface area contributed by atoms with Gasteiger partial charge in [0.1, 0.15) is 0 Å². The van der Waals surface area contributed by atoms with Gasteiger partial charge in [0.15, 0.2) is 0 Å². The first-order valence-electron chi connectivity index (χ1n) is 9.06. The molecule has 0 spiro atoms. The molecule has 0 radical (unpaired) electrons. The van der Waals surface area contributed by atoms with Crippen LogP contribution in [0.4, 0.5) is 0 Å². The van der Waals surface area contributed by atoms with E-state index < -0.39 is 0 Å². The lowest BCUT2D eigenvalue weighted by molar-refractivity contribution is 0.103. The zero-order chi connectivity index (χ0) is 20.1. The summed E-state index contributed by atoms with van der Waals surface area (Å²) < 4.78 is 0. The van der Waals surface area contributed by atoms with Crippen LogP contribution in [0.5, 0.6) is 0 Å².